The maximum absolute atomic E-state index is 14.0. The van der Waals surface area contributed by atoms with Gasteiger partial charge in [0.1, 0.15) is 11.6 Å². The molecule has 128 valence electrons. The van der Waals surface area contributed by atoms with E-state index in [0.29, 0.717) is 0 Å². The Kier molecular flexibility index (Phi) is 6.37. The standard InChI is InChI=1S/C15H19BrFNO5/c1-15(2,3)23-14(21)18-10(13(20)22-4)7-8-5-6-9(16)12(19)11(8)17/h5-6,10,19H,7H2,1-4H3,(H,18,21)/t10-/m0/s1. The number of esters is 1. The maximum Gasteiger partial charge on any atom is 0.408 e. The van der Waals surface area contributed by atoms with Crippen LogP contribution in [0.4, 0.5) is 9.18 Å². The maximum atomic E-state index is 14.0. The van der Waals surface area contributed by atoms with E-state index in [1.165, 1.54) is 12.1 Å². The number of benzene rings is 1. The SMILES string of the molecule is COC(=O)[C@H](Cc1ccc(Br)c(O)c1F)NC(=O)OC(C)(C)C. The molecular weight excluding hydrogens is 373 g/mol. The number of nitrogens with one attached hydrogen (secondary N) is 1. The number of carbonyl (C=O) groups is 2. The number of phenolic OH excluding ortho intramolecular Hbond substituents is 1. The van der Waals surface area contributed by atoms with Gasteiger partial charge in [-0.25, -0.2) is 14.0 Å². The summed E-state index contributed by atoms with van der Waals surface area (Å²) >= 11 is 2.99. The Morgan fingerprint density at radius 2 is 2.00 bits per heavy atom. The number of carbonyl (C=O) groups excluding carboxylic acids is 2. The van der Waals surface area contributed by atoms with Crippen LogP contribution in [0.1, 0.15) is 26.3 Å². The molecule has 0 bridgehead atoms. The monoisotopic (exact) mass is 391 g/mol. The number of methoxy groups -OCH3 is 1. The predicted octanol–water partition coefficient (Wildman–Crippen LogP) is 2.90. The number of hydrogen-bond donors (Lipinski definition) is 2. The van der Waals surface area contributed by atoms with Gasteiger partial charge in [-0.2, -0.15) is 0 Å². The summed E-state index contributed by atoms with van der Waals surface area (Å²) in [6.45, 7) is 5.02. The normalized spacial score (nSPS) is 12.4. The van der Waals surface area contributed by atoms with Gasteiger partial charge in [0.25, 0.3) is 0 Å². The molecule has 0 radical (unpaired) electrons. The van der Waals surface area contributed by atoms with Crippen LogP contribution in [0.5, 0.6) is 5.75 Å². The Hall–Kier alpha value is -1.83. The third kappa shape index (κ3) is 5.70. The second-order valence-corrected chi connectivity index (χ2v) is 6.65. The van der Waals surface area contributed by atoms with Crippen LogP contribution < -0.4 is 5.32 Å². The number of amides is 1. The number of phenols is 1. The molecule has 0 heterocycles. The molecule has 0 saturated carbocycles. The van der Waals surface area contributed by atoms with E-state index in [4.69, 9.17) is 4.74 Å². The van der Waals surface area contributed by atoms with Crippen molar-refractivity contribution in [3.05, 3.63) is 28.0 Å². The summed E-state index contributed by atoms with van der Waals surface area (Å²) in [7, 11) is 1.15. The fraction of sp³-hybridized carbons (Fsp3) is 0.467. The zero-order valence-corrected chi connectivity index (χ0v) is 14.9. The van der Waals surface area contributed by atoms with Crippen LogP contribution in [0.25, 0.3) is 0 Å². The lowest BCUT2D eigenvalue weighted by molar-refractivity contribution is -0.143. The fourth-order valence-corrected chi connectivity index (χ4v) is 2.05. The Morgan fingerprint density at radius 1 is 1.39 bits per heavy atom. The van der Waals surface area contributed by atoms with Gasteiger partial charge in [-0.1, -0.05) is 6.07 Å². The highest BCUT2D eigenvalue weighted by molar-refractivity contribution is 9.10. The quantitative estimate of drug-likeness (QED) is 0.770. The Morgan fingerprint density at radius 3 is 2.52 bits per heavy atom. The highest BCUT2D eigenvalue weighted by Crippen LogP contribution is 2.29. The van der Waals surface area contributed by atoms with Crippen molar-refractivity contribution >= 4 is 28.0 Å². The molecule has 8 heteroatoms. The predicted molar refractivity (Wildman–Crippen MR) is 84.6 cm³/mol. The highest BCUT2D eigenvalue weighted by atomic mass is 79.9. The minimum absolute atomic E-state index is 0.0529. The van der Waals surface area contributed by atoms with Gasteiger partial charge in [0.05, 0.1) is 11.6 Å². The van der Waals surface area contributed by atoms with Gasteiger partial charge in [-0.3, -0.25) is 0 Å². The molecule has 0 aliphatic carbocycles. The Labute approximate surface area is 142 Å². The van der Waals surface area contributed by atoms with Crippen molar-refractivity contribution < 1.29 is 28.6 Å². The minimum Gasteiger partial charge on any atom is -0.504 e. The van der Waals surface area contributed by atoms with E-state index in [1.54, 1.807) is 20.8 Å². The van der Waals surface area contributed by atoms with Gasteiger partial charge < -0.3 is 19.9 Å². The summed E-state index contributed by atoms with van der Waals surface area (Å²) in [5.74, 6) is -2.19. The smallest absolute Gasteiger partial charge is 0.408 e. The van der Waals surface area contributed by atoms with Crippen molar-refractivity contribution in [3.8, 4) is 5.75 Å². The van der Waals surface area contributed by atoms with Gasteiger partial charge in [0.15, 0.2) is 11.6 Å². The number of ether oxygens (including phenoxy) is 2. The molecule has 1 atom stereocenters. The highest BCUT2D eigenvalue weighted by Gasteiger charge is 2.27. The molecule has 6 nitrogen and oxygen atoms in total. The number of alkyl carbamates (subject to hydrolysis) is 1. The average molecular weight is 392 g/mol. The van der Waals surface area contributed by atoms with E-state index >= 15 is 0 Å². The Bertz CT molecular complexity index is 600. The lowest BCUT2D eigenvalue weighted by atomic mass is 10.0. The van der Waals surface area contributed by atoms with Crippen molar-refractivity contribution in [3.63, 3.8) is 0 Å². The van der Waals surface area contributed by atoms with E-state index < -0.39 is 35.3 Å². The van der Waals surface area contributed by atoms with Crippen LogP contribution in [-0.4, -0.2) is 35.9 Å². The third-order valence-electron chi connectivity index (χ3n) is 2.75. The van der Waals surface area contributed by atoms with Crippen molar-refractivity contribution in [2.24, 2.45) is 0 Å². The summed E-state index contributed by atoms with van der Waals surface area (Å²) in [5.41, 5.74) is -0.691. The summed E-state index contributed by atoms with van der Waals surface area (Å²) in [4.78, 5) is 23.6. The summed E-state index contributed by atoms with van der Waals surface area (Å²) in [5, 5.41) is 11.9. The molecule has 2 N–H and O–H groups in total. The second-order valence-electron chi connectivity index (χ2n) is 5.80. The van der Waals surface area contributed by atoms with Crippen LogP contribution in [0.2, 0.25) is 0 Å². The van der Waals surface area contributed by atoms with Gasteiger partial charge >= 0.3 is 12.1 Å². The van der Waals surface area contributed by atoms with E-state index in [2.05, 4.69) is 26.0 Å². The topological polar surface area (TPSA) is 84.9 Å². The average Bonchev–Trinajstić information content (AvgIpc) is 2.44. The first-order valence-electron chi connectivity index (χ1n) is 6.78. The van der Waals surface area contributed by atoms with E-state index in [0.717, 1.165) is 7.11 Å². The molecule has 23 heavy (non-hydrogen) atoms. The van der Waals surface area contributed by atoms with E-state index in [-0.39, 0.29) is 16.5 Å². The first kappa shape index (κ1) is 19.2. The zero-order valence-electron chi connectivity index (χ0n) is 13.3. The number of halogens is 2. The van der Waals surface area contributed by atoms with Crippen LogP contribution in [0, 0.1) is 5.82 Å². The van der Waals surface area contributed by atoms with Crippen molar-refractivity contribution in [2.75, 3.05) is 7.11 Å². The summed E-state index contributed by atoms with van der Waals surface area (Å²) in [6.07, 6.45) is -1.02. The number of hydrogen-bond acceptors (Lipinski definition) is 5. The van der Waals surface area contributed by atoms with E-state index in [1.807, 2.05) is 0 Å². The fourth-order valence-electron chi connectivity index (χ4n) is 1.75. The molecule has 0 fully saturated rings. The molecule has 1 rings (SSSR count). The molecule has 0 aliphatic heterocycles. The molecule has 0 spiro atoms. The Balaban J connectivity index is 2.94. The molecule has 0 aromatic heterocycles. The number of aromatic hydroxyl groups is 1. The van der Waals surface area contributed by atoms with Gasteiger partial charge in [0.2, 0.25) is 0 Å². The molecule has 1 amide bonds. The summed E-state index contributed by atoms with van der Waals surface area (Å²) < 4.78 is 23.9. The zero-order chi connectivity index (χ0) is 17.8. The first-order valence-corrected chi connectivity index (χ1v) is 7.57. The molecule has 1 aromatic rings. The van der Waals surface area contributed by atoms with Gasteiger partial charge in [-0.15, -0.1) is 0 Å². The second kappa shape index (κ2) is 7.63. The first-order chi connectivity index (χ1) is 10.5. The molecule has 0 unspecified atom stereocenters. The lowest BCUT2D eigenvalue weighted by Crippen LogP contribution is -2.45. The molecule has 0 saturated heterocycles. The molecule has 1 aromatic carbocycles. The largest absolute Gasteiger partial charge is 0.504 e. The van der Waals surface area contributed by atoms with Crippen LogP contribution in [-0.2, 0) is 20.7 Å². The van der Waals surface area contributed by atoms with E-state index in [9.17, 15) is 19.1 Å². The van der Waals surface area contributed by atoms with Gasteiger partial charge in [0, 0.05) is 6.42 Å². The van der Waals surface area contributed by atoms with Crippen molar-refractivity contribution in [2.45, 2.75) is 38.8 Å². The van der Waals surface area contributed by atoms with Crippen LogP contribution in [0.3, 0.4) is 0 Å². The number of rotatable bonds is 4. The lowest BCUT2D eigenvalue weighted by Gasteiger charge is -2.22. The minimum atomic E-state index is -1.15. The molecular formula is C15H19BrFNO5. The van der Waals surface area contributed by atoms with Crippen LogP contribution in [0.15, 0.2) is 16.6 Å². The van der Waals surface area contributed by atoms with Crippen LogP contribution >= 0.6 is 15.9 Å². The van der Waals surface area contributed by atoms with Gasteiger partial charge in [-0.05, 0) is 48.3 Å². The molecule has 0 aliphatic rings. The summed E-state index contributed by atoms with van der Waals surface area (Å²) in [6, 6.07) is 1.69. The van der Waals surface area contributed by atoms with Crippen molar-refractivity contribution in [1.29, 1.82) is 0 Å². The van der Waals surface area contributed by atoms with Crippen molar-refractivity contribution in [1.82, 2.24) is 5.32 Å². The third-order valence-corrected chi connectivity index (χ3v) is 3.39.